The molecule has 5 nitrogen and oxygen atoms in total. The van der Waals surface area contributed by atoms with Crippen molar-refractivity contribution in [3.8, 4) is 11.4 Å². The molecule has 1 unspecified atom stereocenters. The fourth-order valence-electron chi connectivity index (χ4n) is 3.05. The molecule has 0 radical (unpaired) electrons. The van der Waals surface area contributed by atoms with Gasteiger partial charge in [0.2, 0.25) is 0 Å². The summed E-state index contributed by atoms with van der Waals surface area (Å²) in [7, 11) is 0. The van der Waals surface area contributed by atoms with Gasteiger partial charge in [-0.05, 0) is 29.8 Å². The topological polar surface area (TPSA) is 60.2 Å². The van der Waals surface area contributed by atoms with Gasteiger partial charge in [-0.1, -0.05) is 78.5 Å². The van der Waals surface area contributed by atoms with Gasteiger partial charge in [-0.25, -0.2) is 0 Å². The molecule has 152 valence electrons. The van der Waals surface area contributed by atoms with Gasteiger partial charge in [-0.3, -0.25) is 4.57 Å². The first kappa shape index (κ1) is 20.2. The summed E-state index contributed by atoms with van der Waals surface area (Å²) < 4.78 is 7.71. The molecule has 1 atom stereocenters. The van der Waals surface area contributed by atoms with Crippen molar-refractivity contribution in [3.05, 3.63) is 102 Å². The minimum absolute atomic E-state index is 0.230. The maximum Gasteiger partial charge on any atom is 0.195 e. The van der Waals surface area contributed by atoms with Crippen LogP contribution in [-0.2, 0) is 6.42 Å². The van der Waals surface area contributed by atoms with Crippen molar-refractivity contribution in [2.24, 2.45) is 0 Å². The Bertz CT molecular complexity index is 1040. The number of aliphatic hydroxyl groups is 1. The van der Waals surface area contributed by atoms with E-state index in [1.165, 1.54) is 17.3 Å². The first-order valence-electron chi connectivity index (χ1n) is 9.82. The second kappa shape index (κ2) is 10.1. The van der Waals surface area contributed by atoms with Crippen molar-refractivity contribution in [1.82, 2.24) is 14.8 Å². The average molecular weight is 418 g/mol. The number of aromatic nitrogens is 3. The highest BCUT2D eigenvalue weighted by atomic mass is 32.2. The van der Waals surface area contributed by atoms with Crippen LogP contribution in [0.15, 0.2) is 96.2 Å². The molecule has 0 spiro atoms. The molecule has 0 fully saturated rings. The second-order valence-electron chi connectivity index (χ2n) is 6.82. The Kier molecular flexibility index (Phi) is 6.79. The van der Waals surface area contributed by atoms with E-state index in [1.807, 2.05) is 78.9 Å². The molecule has 0 saturated carbocycles. The highest BCUT2D eigenvalue weighted by molar-refractivity contribution is 7.99. The zero-order valence-electron chi connectivity index (χ0n) is 16.5. The van der Waals surface area contributed by atoms with Crippen molar-refractivity contribution < 1.29 is 9.84 Å². The summed E-state index contributed by atoms with van der Waals surface area (Å²) in [6, 6.07) is 29.8. The smallest absolute Gasteiger partial charge is 0.195 e. The largest absolute Gasteiger partial charge is 0.491 e. The number of ether oxygens (including phenoxy) is 1. The van der Waals surface area contributed by atoms with Crippen LogP contribution >= 0.6 is 11.8 Å². The standard InChI is InChI=1S/C24H23N3O2S/c28-21(17-29-22-14-8-3-9-15-22)18-30-24-26-25-23(16-19-10-4-1-5-11-19)27(24)20-12-6-2-7-13-20/h1-15,21,28H,16-18H2. The fourth-order valence-corrected chi connectivity index (χ4v) is 3.93. The van der Waals surface area contributed by atoms with E-state index in [0.717, 1.165) is 22.4 Å². The molecule has 0 aliphatic carbocycles. The number of hydrogen-bond donors (Lipinski definition) is 1. The number of nitrogens with zero attached hydrogens (tertiary/aromatic N) is 3. The van der Waals surface area contributed by atoms with E-state index in [4.69, 9.17) is 4.74 Å². The Labute approximate surface area is 180 Å². The summed E-state index contributed by atoms with van der Waals surface area (Å²) >= 11 is 1.48. The lowest BCUT2D eigenvalue weighted by molar-refractivity contribution is 0.126. The molecule has 0 aliphatic rings. The van der Waals surface area contributed by atoms with Gasteiger partial charge in [0.1, 0.15) is 18.2 Å². The van der Waals surface area contributed by atoms with Crippen LogP contribution in [0.2, 0.25) is 0 Å². The van der Waals surface area contributed by atoms with Crippen molar-refractivity contribution in [2.45, 2.75) is 17.7 Å². The van der Waals surface area contributed by atoms with E-state index in [1.54, 1.807) is 0 Å². The Balaban J connectivity index is 1.47. The van der Waals surface area contributed by atoms with Crippen molar-refractivity contribution >= 4 is 11.8 Å². The third kappa shape index (κ3) is 5.28. The Morgan fingerprint density at radius 2 is 1.47 bits per heavy atom. The predicted molar refractivity (Wildman–Crippen MR) is 119 cm³/mol. The Morgan fingerprint density at radius 1 is 0.833 bits per heavy atom. The van der Waals surface area contributed by atoms with E-state index in [9.17, 15) is 5.11 Å². The summed E-state index contributed by atoms with van der Waals surface area (Å²) in [5.74, 6) is 2.08. The summed E-state index contributed by atoms with van der Waals surface area (Å²) in [6.07, 6.45) is 0.0666. The van der Waals surface area contributed by atoms with Crippen molar-refractivity contribution in [1.29, 1.82) is 0 Å². The van der Waals surface area contributed by atoms with Crippen LogP contribution in [0.25, 0.3) is 5.69 Å². The Morgan fingerprint density at radius 3 is 2.17 bits per heavy atom. The molecule has 0 saturated heterocycles. The van der Waals surface area contributed by atoms with Crippen LogP contribution in [0.3, 0.4) is 0 Å². The monoisotopic (exact) mass is 417 g/mol. The molecule has 0 aliphatic heterocycles. The predicted octanol–water partition coefficient (Wildman–Crippen LogP) is 4.39. The molecule has 1 heterocycles. The highest BCUT2D eigenvalue weighted by Gasteiger charge is 2.16. The van der Waals surface area contributed by atoms with E-state index in [2.05, 4.69) is 26.9 Å². The fraction of sp³-hybridized carbons (Fsp3) is 0.167. The number of benzene rings is 3. The number of hydrogen-bond acceptors (Lipinski definition) is 5. The van der Waals surface area contributed by atoms with Gasteiger partial charge < -0.3 is 9.84 Å². The maximum absolute atomic E-state index is 10.4. The van der Waals surface area contributed by atoms with Gasteiger partial charge in [0, 0.05) is 17.9 Å². The normalized spacial score (nSPS) is 11.9. The van der Waals surface area contributed by atoms with Gasteiger partial charge in [-0.15, -0.1) is 10.2 Å². The molecule has 4 rings (SSSR count). The molecular weight excluding hydrogens is 394 g/mol. The number of rotatable bonds is 9. The lowest BCUT2D eigenvalue weighted by atomic mass is 10.1. The van der Waals surface area contributed by atoms with E-state index in [0.29, 0.717) is 12.2 Å². The van der Waals surface area contributed by atoms with Gasteiger partial charge in [-0.2, -0.15) is 0 Å². The molecule has 6 heteroatoms. The SMILES string of the molecule is OC(COc1ccccc1)CSc1nnc(Cc2ccccc2)n1-c1ccccc1. The lowest BCUT2D eigenvalue weighted by Gasteiger charge is -2.13. The molecule has 30 heavy (non-hydrogen) atoms. The minimum atomic E-state index is -0.617. The third-order valence-electron chi connectivity index (χ3n) is 4.51. The van der Waals surface area contributed by atoms with Crippen LogP contribution in [0.5, 0.6) is 5.75 Å². The minimum Gasteiger partial charge on any atom is -0.491 e. The van der Waals surface area contributed by atoms with Crippen LogP contribution in [0, 0.1) is 0 Å². The van der Waals surface area contributed by atoms with Gasteiger partial charge in [0.05, 0.1) is 6.10 Å². The third-order valence-corrected chi connectivity index (χ3v) is 5.58. The number of thioether (sulfide) groups is 1. The van der Waals surface area contributed by atoms with Gasteiger partial charge >= 0.3 is 0 Å². The summed E-state index contributed by atoms with van der Waals surface area (Å²) in [4.78, 5) is 0. The molecule has 0 bridgehead atoms. The zero-order chi connectivity index (χ0) is 20.6. The highest BCUT2D eigenvalue weighted by Crippen LogP contribution is 2.24. The lowest BCUT2D eigenvalue weighted by Crippen LogP contribution is -2.20. The molecule has 1 aromatic heterocycles. The van der Waals surface area contributed by atoms with Crippen LogP contribution in [0.1, 0.15) is 11.4 Å². The van der Waals surface area contributed by atoms with Crippen LogP contribution in [0.4, 0.5) is 0 Å². The first-order chi connectivity index (χ1) is 14.8. The molecule has 0 amide bonds. The van der Waals surface area contributed by atoms with Crippen LogP contribution in [-0.4, -0.2) is 38.3 Å². The van der Waals surface area contributed by atoms with Crippen molar-refractivity contribution in [2.75, 3.05) is 12.4 Å². The average Bonchev–Trinajstić information content (AvgIpc) is 3.20. The molecular formula is C24H23N3O2S. The van der Waals surface area contributed by atoms with Gasteiger partial charge in [0.25, 0.3) is 0 Å². The second-order valence-corrected chi connectivity index (χ2v) is 7.81. The van der Waals surface area contributed by atoms with E-state index in [-0.39, 0.29) is 6.61 Å². The van der Waals surface area contributed by atoms with E-state index >= 15 is 0 Å². The summed E-state index contributed by atoms with van der Waals surface area (Å²) in [5, 5.41) is 20.0. The number of para-hydroxylation sites is 2. The molecule has 1 N–H and O–H groups in total. The Hall–Kier alpha value is -3.09. The van der Waals surface area contributed by atoms with E-state index < -0.39 is 6.10 Å². The quantitative estimate of drug-likeness (QED) is 0.409. The maximum atomic E-state index is 10.4. The zero-order valence-corrected chi connectivity index (χ0v) is 17.3. The summed E-state index contributed by atoms with van der Waals surface area (Å²) in [5.41, 5.74) is 2.18. The first-order valence-corrected chi connectivity index (χ1v) is 10.8. The number of aliphatic hydroxyl groups excluding tert-OH is 1. The summed E-state index contributed by atoms with van der Waals surface area (Å²) in [6.45, 7) is 0.230. The van der Waals surface area contributed by atoms with Crippen molar-refractivity contribution in [3.63, 3.8) is 0 Å². The van der Waals surface area contributed by atoms with Gasteiger partial charge in [0.15, 0.2) is 5.16 Å². The molecule has 3 aromatic carbocycles. The molecule has 4 aromatic rings. The van der Waals surface area contributed by atoms with Crippen LogP contribution < -0.4 is 4.74 Å².